The van der Waals surface area contributed by atoms with Gasteiger partial charge in [-0.1, -0.05) is 12.1 Å². The van der Waals surface area contributed by atoms with Gasteiger partial charge in [0.1, 0.15) is 23.9 Å². The fourth-order valence-corrected chi connectivity index (χ4v) is 2.59. The number of phenols is 1. The summed E-state index contributed by atoms with van der Waals surface area (Å²) in [5.41, 5.74) is 5.82. The summed E-state index contributed by atoms with van der Waals surface area (Å²) in [6.45, 7) is -1.30. The van der Waals surface area contributed by atoms with Gasteiger partial charge in [0.25, 0.3) is 0 Å². The van der Waals surface area contributed by atoms with Gasteiger partial charge >= 0.3 is 11.9 Å². The van der Waals surface area contributed by atoms with Gasteiger partial charge in [0.2, 0.25) is 17.7 Å². The summed E-state index contributed by atoms with van der Waals surface area (Å²) in [5, 5.41) is 43.3. The SMILES string of the molecule is NCC(=O)NC(Cc1ccc(O)cc1)C(=O)NC(CO)C(=O)NC(CCC(=O)O)C(=O)O. The van der Waals surface area contributed by atoms with Gasteiger partial charge in [-0.3, -0.25) is 19.2 Å². The third kappa shape index (κ3) is 8.97. The monoisotopic (exact) mass is 454 g/mol. The number of carboxylic acids is 2. The number of benzene rings is 1. The van der Waals surface area contributed by atoms with Crippen LogP contribution in [-0.2, 0) is 30.4 Å². The molecule has 13 nitrogen and oxygen atoms in total. The molecule has 3 amide bonds. The normalized spacial score (nSPS) is 13.3. The number of aliphatic hydroxyl groups excluding tert-OH is 1. The molecule has 0 aromatic heterocycles. The van der Waals surface area contributed by atoms with E-state index in [1.165, 1.54) is 24.3 Å². The lowest BCUT2D eigenvalue weighted by Crippen LogP contribution is -2.57. The molecular weight excluding hydrogens is 428 g/mol. The average Bonchev–Trinajstić information content (AvgIpc) is 2.74. The fourth-order valence-electron chi connectivity index (χ4n) is 2.59. The zero-order chi connectivity index (χ0) is 24.3. The standard InChI is InChI=1S/C19H26N4O9/c20-8-15(26)21-13(7-10-1-3-11(25)4-2-10)17(29)23-14(9-24)18(30)22-12(19(31)32)5-6-16(27)28/h1-4,12-14,24-25H,5-9,20H2,(H,21,26)(H,22,30)(H,23,29)(H,27,28)(H,31,32). The summed E-state index contributed by atoms with van der Waals surface area (Å²) in [6, 6.07) is 1.48. The zero-order valence-electron chi connectivity index (χ0n) is 17.0. The fraction of sp³-hybridized carbons (Fsp3) is 0.421. The van der Waals surface area contributed by atoms with Gasteiger partial charge in [0, 0.05) is 12.8 Å². The van der Waals surface area contributed by atoms with E-state index >= 15 is 0 Å². The van der Waals surface area contributed by atoms with Crippen LogP contribution in [0, 0.1) is 0 Å². The Labute approximate surface area is 182 Å². The maximum atomic E-state index is 12.7. The molecule has 3 unspecified atom stereocenters. The third-order valence-corrected chi connectivity index (χ3v) is 4.29. The topological polar surface area (TPSA) is 228 Å². The highest BCUT2D eigenvalue weighted by Crippen LogP contribution is 2.11. The lowest BCUT2D eigenvalue weighted by molar-refractivity contribution is -0.143. The van der Waals surface area contributed by atoms with Crippen LogP contribution in [0.3, 0.4) is 0 Å². The molecule has 9 N–H and O–H groups in total. The van der Waals surface area contributed by atoms with E-state index < -0.39 is 73.8 Å². The minimum atomic E-state index is -1.56. The summed E-state index contributed by atoms with van der Waals surface area (Å²) in [5.74, 6) is -5.31. The Morgan fingerprint density at radius 3 is 1.94 bits per heavy atom. The first-order valence-corrected chi connectivity index (χ1v) is 9.50. The number of nitrogens with one attached hydrogen (secondary N) is 3. The van der Waals surface area contributed by atoms with E-state index in [0.717, 1.165) is 0 Å². The second kappa shape index (κ2) is 12.9. The van der Waals surface area contributed by atoms with E-state index in [4.69, 9.17) is 15.9 Å². The molecule has 1 aromatic rings. The molecule has 1 aromatic carbocycles. The van der Waals surface area contributed by atoms with Crippen molar-refractivity contribution in [3.63, 3.8) is 0 Å². The number of aromatic hydroxyl groups is 1. The van der Waals surface area contributed by atoms with Crippen molar-refractivity contribution in [2.45, 2.75) is 37.4 Å². The molecule has 0 bridgehead atoms. The van der Waals surface area contributed by atoms with Gasteiger partial charge in [-0.25, -0.2) is 4.79 Å². The van der Waals surface area contributed by atoms with Crippen molar-refractivity contribution in [1.29, 1.82) is 0 Å². The number of carboxylic acid groups (broad SMARTS) is 2. The van der Waals surface area contributed by atoms with E-state index in [2.05, 4.69) is 16.0 Å². The molecule has 0 aliphatic rings. The van der Waals surface area contributed by atoms with Gasteiger partial charge in [-0.15, -0.1) is 0 Å². The number of carbonyl (C=O) groups is 5. The van der Waals surface area contributed by atoms with Crippen molar-refractivity contribution < 1.29 is 44.4 Å². The summed E-state index contributed by atoms with van der Waals surface area (Å²) in [7, 11) is 0. The van der Waals surface area contributed by atoms with Crippen LogP contribution in [-0.4, -0.2) is 81.4 Å². The first kappa shape index (κ1) is 26.3. The third-order valence-electron chi connectivity index (χ3n) is 4.29. The lowest BCUT2D eigenvalue weighted by Gasteiger charge is -2.23. The molecule has 13 heteroatoms. The number of aliphatic carboxylic acids is 2. The molecule has 176 valence electrons. The first-order valence-electron chi connectivity index (χ1n) is 9.50. The second-order valence-corrected chi connectivity index (χ2v) is 6.77. The number of amides is 3. The van der Waals surface area contributed by atoms with E-state index in [-0.39, 0.29) is 12.2 Å². The van der Waals surface area contributed by atoms with Crippen LogP contribution < -0.4 is 21.7 Å². The maximum absolute atomic E-state index is 12.7. The van der Waals surface area contributed by atoms with Crippen molar-refractivity contribution in [2.24, 2.45) is 5.73 Å². The van der Waals surface area contributed by atoms with Gasteiger partial charge in [-0.05, 0) is 24.1 Å². The van der Waals surface area contributed by atoms with Gasteiger partial charge < -0.3 is 42.1 Å². The molecule has 0 saturated carbocycles. The van der Waals surface area contributed by atoms with Crippen molar-refractivity contribution in [3.8, 4) is 5.75 Å². The van der Waals surface area contributed by atoms with Gasteiger partial charge in [0.15, 0.2) is 0 Å². The molecule has 0 aliphatic heterocycles. The van der Waals surface area contributed by atoms with E-state index in [9.17, 15) is 34.2 Å². The molecule has 3 atom stereocenters. The highest BCUT2D eigenvalue weighted by molar-refractivity contribution is 5.93. The van der Waals surface area contributed by atoms with Crippen LogP contribution in [0.25, 0.3) is 0 Å². The predicted molar refractivity (Wildman–Crippen MR) is 108 cm³/mol. The number of phenolic OH excluding ortho intramolecular Hbond substituents is 1. The molecule has 0 fully saturated rings. The quantitative estimate of drug-likeness (QED) is 0.154. The Bertz CT molecular complexity index is 829. The van der Waals surface area contributed by atoms with Crippen LogP contribution >= 0.6 is 0 Å². The number of nitrogens with two attached hydrogens (primary N) is 1. The predicted octanol–water partition coefficient (Wildman–Crippen LogP) is -2.71. The second-order valence-electron chi connectivity index (χ2n) is 6.77. The number of hydrogen-bond acceptors (Lipinski definition) is 8. The van der Waals surface area contributed by atoms with E-state index in [1.54, 1.807) is 0 Å². The Balaban J connectivity index is 2.89. The van der Waals surface area contributed by atoms with Crippen molar-refractivity contribution in [1.82, 2.24) is 16.0 Å². The minimum Gasteiger partial charge on any atom is -0.508 e. The molecule has 1 rings (SSSR count). The Kier molecular flexibility index (Phi) is 10.6. The number of carbonyl (C=O) groups excluding carboxylic acids is 3. The Morgan fingerprint density at radius 2 is 1.44 bits per heavy atom. The van der Waals surface area contributed by atoms with Gasteiger partial charge in [-0.2, -0.15) is 0 Å². The smallest absolute Gasteiger partial charge is 0.326 e. The average molecular weight is 454 g/mol. The highest BCUT2D eigenvalue weighted by atomic mass is 16.4. The van der Waals surface area contributed by atoms with Crippen LogP contribution in [0.5, 0.6) is 5.75 Å². The molecule has 0 aliphatic carbocycles. The number of rotatable bonds is 13. The summed E-state index contributed by atoms with van der Waals surface area (Å²) in [6.07, 6.45) is -0.959. The van der Waals surface area contributed by atoms with Crippen LogP contribution in [0.2, 0.25) is 0 Å². The first-order chi connectivity index (χ1) is 15.1. The van der Waals surface area contributed by atoms with Crippen LogP contribution in [0.1, 0.15) is 18.4 Å². The number of aliphatic hydroxyl groups is 1. The van der Waals surface area contributed by atoms with E-state index in [0.29, 0.717) is 5.56 Å². The highest BCUT2D eigenvalue weighted by Gasteiger charge is 2.29. The summed E-state index contributed by atoms with van der Waals surface area (Å²) in [4.78, 5) is 58.6. The zero-order valence-corrected chi connectivity index (χ0v) is 17.0. The Hall–Kier alpha value is -3.71. The number of hydrogen-bond donors (Lipinski definition) is 8. The molecule has 32 heavy (non-hydrogen) atoms. The molecule has 0 saturated heterocycles. The molecular formula is C19H26N4O9. The van der Waals surface area contributed by atoms with Crippen molar-refractivity contribution in [2.75, 3.05) is 13.2 Å². The van der Waals surface area contributed by atoms with Crippen LogP contribution in [0.15, 0.2) is 24.3 Å². The minimum absolute atomic E-state index is 0.00589. The van der Waals surface area contributed by atoms with Crippen molar-refractivity contribution in [3.05, 3.63) is 29.8 Å². The largest absolute Gasteiger partial charge is 0.508 e. The molecule has 0 heterocycles. The lowest BCUT2D eigenvalue weighted by atomic mass is 10.0. The van der Waals surface area contributed by atoms with Gasteiger partial charge in [0.05, 0.1) is 13.2 Å². The summed E-state index contributed by atoms with van der Waals surface area (Å²) < 4.78 is 0. The molecule has 0 spiro atoms. The summed E-state index contributed by atoms with van der Waals surface area (Å²) >= 11 is 0. The maximum Gasteiger partial charge on any atom is 0.326 e. The van der Waals surface area contributed by atoms with Crippen molar-refractivity contribution >= 4 is 29.7 Å². The van der Waals surface area contributed by atoms with E-state index in [1.807, 2.05) is 0 Å². The Morgan fingerprint density at radius 1 is 0.875 bits per heavy atom. The molecule has 0 radical (unpaired) electrons. The van der Waals surface area contributed by atoms with Crippen LogP contribution in [0.4, 0.5) is 0 Å².